The van der Waals surface area contributed by atoms with Gasteiger partial charge in [-0.15, -0.1) is 0 Å². The lowest BCUT2D eigenvalue weighted by Gasteiger charge is -2.17. The molecule has 0 atom stereocenters. The van der Waals surface area contributed by atoms with E-state index in [4.69, 9.17) is 9.47 Å². The van der Waals surface area contributed by atoms with E-state index in [1.54, 1.807) is 0 Å². The zero-order valence-electron chi connectivity index (χ0n) is 18.8. The normalized spacial score (nSPS) is 11.0. The Kier molecular flexibility index (Phi) is 7.24. The molecule has 0 amide bonds. The summed E-state index contributed by atoms with van der Waals surface area (Å²) in [6.07, 6.45) is -4.99. The molecule has 0 spiro atoms. The first-order chi connectivity index (χ1) is 16.4. The van der Waals surface area contributed by atoms with Crippen molar-refractivity contribution in [1.82, 2.24) is 0 Å². The van der Waals surface area contributed by atoms with Crippen LogP contribution in [-0.2, 0) is 15.8 Å². The molecule has 0 N–H and O–H groups in total. The maximum atomic E-state index is 15.3. The lowest BCUT2D eigenvalue weighted by atomic mass is 9.93. The monoisotopic (exact) mass is 484 g/mol. The minimum absolute atomic E-state index is 0.0833. The molecule has 3 aromatic rings. The summed E-state index contributed by atoms with van der Waals surface area (Å²) in [7, 11) is 0. The Morgan fingerprint density at radius 2 is 1.06 bits per heavy atom. The number of ether oxygens (including phenoxy) is 2. The fourth-order valence-electron chi connectivity index (χ4n) is 3.11. The predicted octanol–water partition coefficient (Wildman–Crippen LogP) is 7.14. The van der Waals surface area contributed by atoms with Gasteiger partial charge in [0.2, 0.25) is 0 Å². The molecule has 8 heteroatoms. The van der Waals surface area contributed by atoms with Gasteiger partial charge in [0, 0.05) is 16.7 Å². The highest BCUT2D eigenvalue weighted by Crippen LogP contribution is 2.42. The molecule has 3 rings (SSSR count). The fraction of sp³-hybridized carbons (Fsp3) is 0.111. The van der Waals surface area contributed by atoms with Crippen molar-refractivity contribution in [2.45, 2.75) is 20.0 Å². The molecule has 35 heavy (non-hydrogen) atoms. The molecule has 0 radical (unpaired) electrons. The van der Waals surface area contributed by atoms with E-state index in [2.05, 4.69) is 13.2 Å². The molecular formula is C27H20F4O4. The third-order valence-corrected chi connectivity index (χ3v) is 4.87. The third kappa shape index (κ3) is 5.84. The molecule has 0 aliphatic heterocycles. The molecule has 0 aliphatic carbocycles. The van der Waals surface area contributed by atoms with E-state index >= 15 is 4.39 Å². The minimum Gasteiger partial charge on any atom is -0.423 e. The van der Waals surface area contributed by atoms with Crippen LogP contribution >= 0.6 is 0 Å². The Hall–Kier alpha value is -4.20. The van der Waals surface area contributed by atoms with Crippen LogP contribution in [0.5, 0.6) is 11.5 Å². The van der Waals surface area contributed by atoms with Crippen molar-refractivity contribution in [1.29, 1.82) is 0 Å². The van der Waals surface area contributed by atoms with Crippen LogP contribution in [0.2, 0.25) is 0 Å². The van der Waals surface area contributed by atoms with Crippen molar-refractivity contribution in [2.75, 3.05) is 0 Å². The van der Waals surface area contributed by atoms with E-state index in [1.807, 2.05) is 0 Å². The van der Waals surface area contributed by atoms with E-state index in [0.717, 1.165) is 0 Å². The zero-order valence-corrected chi connectivity index (χ0v) is 18.8. The van der Waals surface area contributed by atoms with Gasteiger partial charge in [-0.2, -0.15) is 13.2 Å². The van der Waals surface area contributed by atoms with Gasteiger partial charge in [0.1, 0.15) is 17.3 Å². The number of rotatable bonds is 6. The number of halogens is 4. The van der Waals surface area contributed by atoms with E-state index in [1.165, 1.54) is 74.5 Å². The van der Waals surface area contributed by atoms with Gasteiger partial charge < -0.3 is 9.47 Å². The number of esters is 2. The quantitative estimate of drug-likeness (QED) is 0.162. The molecule has 0 saturated carbocycles. The highest BCUT2D eigenvalue weighted by Gasteiger charge is 2.38. The minimum atomic E-state index is -4.99. The van der Waals surface area contributed by atoms with Gasteiger partial charge in [-0.05, 0) is 54.8 Å². The van der Waals surface area contributed by atoms with Crippen LogP contribution in [0.25, 0.3) is 22.3 Å². The summed E-state index contributed by atoms with van der Waals surface area (Å²) in [4.78, 5) is 23.2. The van der Waals surface area contributed by atoms with Crippen molar-refractivity contribution in [3.05, 3.63) is 96.3 Å². The standard InChI is InChI=1S/C27H20F4O4/c1-15(2)25(32)34-19-9-5-17(6-10-19)21-13-14-22(24(28)23(21)27(29,30)31)18-7-11-20(12-8-18)35-26(33)16(3)4/h5-14H,1,3H2,2,4H3. The van der Waals surface area contributed by atoms with Crippen LogP contribution in [0.15, 0.2) is 85.0 Å². The molecule has 0 bridgehead atoms. The highest BCUT2D eigenvalue weighted by atomic mass is 19.4. The predicted molar refractivity (Wildman–Crippen MR) is 123 cm³/mol. The maximum absolute atomic E-state index is 15.3. The van der Waals surface area contributed by atoms with Crippen LogP contribution in [0.4, 0.5) is 17.6 Å². The Morgan fingerprint density at radius 1 is 0.686 bits per heavy atom. The smallest absolute Gasteiger partial charge is 0.419 e. The van der Waals surface area contributed by atoms with Crippen molar-refractivity contribution in [2.24, 2.45) is 0 Å². The van der Waals surface area contributed by atoms with Crippen LogP contribution in [0.3, 0.4) is 0 Å². The zero-order chi connectivity index (χ0) is 25.9. The Labute approximate surface area is 199 Å². The van der Waals surface area contributed by atoms with Gasteiger partial charge >= 0.3 is 18.1 Å². The molecule has 4 nitrogen and oxygen atoms in total. The summed E-state index contributed by atoms with van der Waals surface area (Å²) in [5.74, 6) is -2.53. The number of carbonyl (C=O) groups is 2. The van der Waals surface area contributed by atoms with E-state index < -0.39 is 29.5 Å². The number of hydrogen-bond acceptors (Lipinski definition) is 4. The summed E-state index contributed by atoms with van der Waals surface area (Å²) in [5.41, 5.74) is -1.49. The largest absolute Gasteiger partial charge is 0.423 e. The first kappa shape index (κ1) is 25.4. The second-order valence-corrected chi connectivity index (χ2v) is 7.74. The van der Waals surface area contributed by atoms with Crippen molar-refractivity contribution in [3.8, 4) is 33.8 Å². The Morgan fingerprint density at radius 3 is 1.43 bits per heavy atom. The number of alkyl halides is 3. The lowest BCUT2D eigenvalue weighted by molar-refractivity contribution is -0.139. The van der Waals surface area contributed by atoms with E-state index in [9.17, 15) is 22.8 Å². The summed E-state index contributed by atoms with van der Waals surface area (Å²) in [6, 6.07) is 13.0. The van der Waals surface area contributed by atoms with Crippen molar-refractivity contribution < 1.29 is 36.6 Å². The van der Waals surface area contributed by atoms with Gasteiger partial charge in [-0.1, -0.05) is 49.6 Å². The van der Waals surface area contributed by atoms with Crippen LogP contribution in [0, 0.1) is 5.82 Å². The Bertz CT molecular complexity index is 1300. The van der Waals surface area contributed by atoms with Crippen LogP contribution in [0.1, 0.15) is 19.4 Å². The van der Waals surface area contributed by atoms with E-state index in [0.29, 0.717) is 0 Å². The summed E-state index contributed by atoms with van der Waals surface area (Å²) < 4.78 is 67.1. The first-order valence-electron chi connectivity index (χ1n) is 10.2. The summed E-state index contributed by atoms with van der Waals surface area (Å²) in [6.45, 7) is 9.84. The van der Waals surface area contributed by atoms with Gasteiger partial charge in [-0.3, -0.25) is 0 Å². The maximum Gasteiger partial charge on any atom is 0.419 e. The molecule has 0 saturated heterocycles. The highest BCUT2D eigenvalue weighted by molar-refractivity contribution is 5.89. The lowest BCUT2D eigenvalue weighted by Crippen LogP contribution is -2.12. The van der Waals surface area contributed by atoms with Crippen LogP contribution < -0.4 is 9.47 Å². The number of carbonyl (C=O) groups excluding carboxylic acids is 2. The molecule has 3 aromatic carbocycles. The average Bonchev–Trinajstić information content (AvgIpc) is 2.79. The second-order valence-electron chi connectivity index (χ2n) is 7.74. The molecule has 0 aromatic heterocycles. The topological polar surface area (TPSA) is 52.6 Å². The molecule has 0 heterocycles. The number of benzene rings is 3. The molecular weight excluding hydrogens is 464 g/mol. The van der Waals surface area contributed by atoms with Crippen molar-refractivity contribution >= 4 is 11.9 Å². The summed E-state index contributed by atoms with van der Waals surface area (Å²) >= 11 is 0. The van der Waals surface area contributed by atoms with Gasteiger partial charge in [0.05, 0.1) is 5.56 Å². The summed E-state index contributed by atoms with van der Waals surface area (Å²) in [5, 5.41) is 0. The van der Waals surface area contributed by atoms with Gasteiger partial charge in [0.25, 0.3) is 0 Å². The molecule has 0 fully saturated rings. The van der Waals surface area contributed by atoms with Crippen LogP contribution in [-0.4, -0.2) is 11.9 Å². The van der Waals surface area contributed by atoms with Gasteiger partial charge in [-0.25, -0.2) is 14.0 Å². The van der Waals surface area contributed by atoms with E-state index in [-0.39, 0.29) is 44.9 Å². The molecule has 0 aliphatic rings. The third-order valence-electron chi connectivity index (χ3n) is 4.87. The van der Waals surface area contributed by atoms with Crippen molar-refractivity contribution in [3.63, 3.8) is 0 Å². The number of hydrogen-bond donors (Lipinski definition) is 0. The molecule has 0 unspecified atom stereocenters. The average molecular weight is 484 g/mol. The Balaban J connectivity index is 1.99. The second kappa shape index (κ2) is 9.97. The first-order valence-corrected chi connectivity index (χ1v) is 10.2. The van der Waals surface area contributed by atoms with Gasteiger partial charge in [0.15, 0.2) is 0 Å². The molecule has 180 valence electrons. The SMILES string of the molecule is C=C(C)C(=O)Oc1ccc(-c2ccc(-c3ccc(OC(=O)C(=C)C)cc3)c(C(F)(F)F)c2F)cc1. The fourth-order valence-corrected chi connectivity index (χ4v) is 3.11.